The van der Waals surface area contributed by atoms with Crippen molar-refractivity contribution in [3.63, 3.8) is 0 Å². The fraction of sp³-hybridized carbons (Fsp3) is 0.125. The molecular weight excluding hydrogens is 501 g/mol. The Kier molecular flexibility index (Phi) is 8.21. The summed E-state index contributed by atoms with van der Waals surface area (Å²) < 4.78 is 1.19. The number of hydrogen-bond acceptors (Lipinski definition) is 0. The Morgan fingerprint density at radius 1 is 0.611 bits per heavy atom. The van der Waals surface area contributed by atoms with Gasteiger partial charge >= 0.3 is 214 Å². The molecule has 0 heterocycles. The molecule has 2 aliphatic rings. The monoisotopic (exact) mass is 528 g/mol. The summed E-state index contributed by atoms with van der Waals surface area (Å²) in [5.74, 6) is 0. The minimum Gasteiger partial charge on any atom is -1.00 e. The van der Waals surface area contributed by atoms with Gasteiger partial charge in [0.05, 0.1) is 0 Å². The van der Waals surface area contributed by atoms with E-state index in [0.717, 1.165) is 8.58 Å². The van der Waals surface area contributed by atoms with Gasteiger partial charge in [0.2, 0.25) is 0 Å². The van der Waals surface area contributed by atoms with E-state index in [-0.39, 0.29) is 28.6 Å². The third kappa shape index (κ3) is 4.71. The van der Waals surface area contributed by atoms with Gasteiger partial charge in [0.15, 0.2) is 0 Å². The second-order valence-electron chi connectivity index (χ2n) is 9.23. The van der Waals surface area contributed by atoms with Crippen molar-refractivity contribution in [2.75, 3.05) is 0 Å². The molecule has 0 aliphatic heterocycles. The second kappa shape index (κ2) is 11.2. The summed E-state index contributed by atoms with van der Waals surface area (Å²) >= 11 is -0.324. The van der Waals surface area contributed by atoms with Crippen LogP contribution >= 0.6 is 8.58 Å². The molecule has 4 aromatic rings. The molecule has 0 fully saturated rings. The molecule has 0 saturated carbocycles. The Morgan fingerprint density at radius 3 is 1.97 bits per heavy atom. The minimum atomic E-state index is -0.324. The van der Waals surface area contributed by atoms with Crippen LogP contribution in [0.4, 0.5) is 0 Å². The summed E-state index contributed by atoms with van der Waals surface area (Å²) in [7, 11) is 0.726. The van der Waals surface area contributed by atoms with Crippen molar-refractivity contribution in [1.29, 1.82) is 0 Å². The first-order valence-electron chi connectivity index (χ1n) is 12.0. The quantitative estimate of drug-likeness (QED) is 0.276. The summed E-state index contributed by atoms with van der Waals surface area (Å²) in [4.78, 5) is 0. The third-order valence-corrected chi connectivity index (χ3v) is 12.0. The topological polar surface area (TPSA) is 0 Å². The molecule has 178 valence electrons. The number of halogens is 2. The number of hydrogen-bond donors (Lipinski definition) is 0. The largest absolute Gasteiger partial charge is 1.00 e. The molecule has 3 unspecified atom stereocenters. The van der Waals surface area contributed by atoms with Gasteiger partial charge in [-0.2, -0.15) is 0 Å². The van der Waals surface area contributed by atoms with Gasteiger partial charge in [0, 0.05) is 0 Å². The van der Waals surface area contributed by atoms with E-state index in [1.807, 2.05) is 0 Å². The van der Waals surface area contributed by atoms with Gasteiger partial charge in [-0.15, -0.1) is 0 Å². The number of allylic oxidation sites excluding steroid dienone is 2. The van der Waals surface area contributed by atoms with E-state index in [1.54, 1.807) is 27.6 Å². The van der Waals surface area contributed by atoms with Gasteiger partial charge in [-0.3, -0.25) is 0 Å². The first-order valence-corrected chi connectivity index (χ1v) is 14.8. The average Bonchev–Trinajstić information content (AvgIpc) is 3.34. The molecule has 4 aromatic carbocycles. The first-order chi connectivity index (χ1) is 16.7. The van der Waals surface area contributed by atoms with Crippen LogP contribution in [0.15, 0.2) is 114 Å². The molecule has 6 rings (SSSR count). The molecule has 0 radical (unpaired) electrons. The van der Waals surface area contributed by atoms with E-state index in [0.29, 0.717) is 8.45 Å². The Hall–Kier alpha value is -2.64. The fourth-order valence-electron chi connectivity index (χ4n) is 5.42. The standard InChI is InChI=1S/C16H14P.C16H13.2FH.Ti/c1-12-11-13-7-5-6-10-15(13)16(12)17-14-8-3-2-4-9-14;1-12-10-14-8-5-9-15(16(14)11-12)13-6-3-2-4-7-13;;;/h2-11,17H,1H3;2-11H,1H3;2*1H;/q;;;;+2/p-2. The first kappa shape index (κ1) is 26.4. The summed E-state index contributed by atoms with van der Waals surface area (Å²) in [5.41, 5.74) is 11.9. The van der Waals surface area contributed by atoms with Crippen LogP contribution in [0.2, 0.25) is 0 Å². The van der Waals surface area contributed by atoms with E-state index < -0.39 is 0 Å². The van der Waals surface area contributed by atoms with Crippen molar-refractivity contribution in [3.05, 3.63) is 137 Å². The number of benzene rings is 4. The van der Waals surface area contributed by atoms with Crippen LogP contribution in [-0.2, 0) is 19.2 Å². The average molecular weight is 528 g/mol. The molecule has 2 aliphatic carbocycles. The van der Waals surface area contributed by atoms with Crippen molar-refractivity contribution in [3.8, 4) is 11.1 Å². The molecule has 0 spiro atoms. The predicted molar refractivity (Wildman–Crippen MR) is 144 cm³/mol. The minimum absolute atomic E-state index is 0. The summed E-state index contributed by atoms with van der Waals surface area (Å²) in [6, 6.07) is 38.0. The smallest absolute Gasteiger partial charge is 1.00 e. The van der Waals surface area contributed by atoms with Crippen molar-refractivity contribution >= 4 is 25.3 Å². The second-order valence-corrected chi connectivity index (χ2v) is 12.9. The Balaban J connectivity index is 0.00000152. The van der Waals surface area contributed by atoms with Crippen molar-refractivity contribution < 1.29 is 28.6 Å². The SMILES string of the molecule is CC1=Cc2c(-c3ccccc3)cccc2[CH]1[Ti+2][CH]1C(C)=C(Pc2ccccc2)c2ccccc21.[F-].[F-]. The Morgan fingerprint density at radius 2 is 1.22 bits per heavy atom. The van der Waals surface area contributed by atoms with Crippen molar-refractivity contribution in [1.82, 2.24) is 0 Å². The zero-order valence-corrected chi connectivity index (χ0v) is 22.9. The van der Waals surface area contributed by atoms with E-state index in [2.05, 4.69) is 123 Å². The molecule has 0 nitrogen and oxygen atoms in total. The maximum Gasteiger partial charge on any atom is -1.00 e. The van der Waals surface area contributed by atoms with Gasteiger partial charge in [0.1, 0.15) is 0 Å². The van der Waals surface area contributed by atoms with Gasteiger partial charge in [0.25, 0.3) is 0 Å². The molecule has 4 heteroatoms. The number of fused-ring (bicyclic) bond motifs is 2. The molecule has 0 amide bonds. The van der Waals surface area contributed by atoms with Crippen LogP contribution in [0.1, 0.15) is 44.5 Å². The maximum absolute atomic E-state index is 2.47. The molecule has 36 heavy (non-hydrogen) atoms. The predicted octanol–water partition coefficient (Wildman–Crippen LogP) is 2.39. The molecule has 0 aromatic heterocycles. The molecular formula is C32H27F2PTi. The third-order valence-electron chi connectivity index (χ3n) is 7.11. The maximum atomic E-state index is 2.47. The van der Waals surface area contributed by atoms with Crippen molar-refractivity contribution in [2.45, 2.75) is 22.3 Å². The zero-order chi connectivity index (χ0) is 23.1. The van der Waals surface area contributed by atoms with Crippen LogP contribution < -0.4 is 14.7 Å². The van der Waals surface area contributed by atoms with E-state index in [1.165, 1.54) is 27.6 Å². The van der Waals surface area contributed by atoms with Crippen LogP contribution in [0.5, 0.6) is 0 Å². The van der Waals surface area contributed by atoms with Gasteiger partial charge in [-0.1, -0.05) is 0 Å². The van der Waals surface area contributed by atoms with E-state index >= 15 is 0 Å². The van der Waals surface area contributed by atoms with Crippen LogP contribution in [0.3, 0.4) is 0 Å². The van der Waals surface area contributed by atoms with Crippen LogP contribution in [0, 0.1) is 0 Å². The van der Waals surface area contributed by atoms with Gasteiger partial charge < -0.3 is 9.41 Å². The summed E-state index contributed by atoms with van der Waals surface area (Å²) in [6.45, 7) is 4.77. The zero-order valence-electron chi connectivity index (χ0n) is 20.3. The molecule has 3 atom stereocenters. The number of rotatable bonds is 5. The van der Waals surface area contributed by atoms with E-state index in [4.69, 9.17) is 0 Å². The summed E-state index contributed by atoms with van der Waals surface area (Å²) in [5, 5.41) is 3.01. The molecule has 0 saturated heterocycles. The molecule has 0 N–H and O–H groups in total. The van der Waals surface area contributed by atoms with Gasteiger partial charge in [-0.05, 0) is 0 Å². The van der Waals surface area contributed by atoms with Gasteiger partial charge in [-0.25, -0.2) is 0 Å². The van der Waals surface area contributed by atoms with Crippen LogP contribution in [-0.4, -0.2) is 0 Å². The molecule has 0 bridgehead atoms. The Bertz CT molecular complexity index is 1430. The fourth-order valence-corrected chi connectivity index (χ4v) is 10.0. The van der Waals surface area contributed by atoms with E-state index in [9.17, 15) is 0 Å². The Labute approximate surface area is 223 Å². The van der Waals surface area contributed by atoms with Crippen molar-refractivity contribution in [2.24, 2.45) is 0 Å². The normalized spacial score (nSPS) is 17.7. The summed E-state index contributed by atoms with van der Waals surface area (Å²) in [6.07, 6.45) is 2.47. The van der Waals surface area contributed by atoms with Crippen LogP contribution in [0.25, 0.3) is 22.5 Å².